The summed E-state index contributed by atoms with van der Waals surface area (Å²) in [5, 5.41) is 6.97. The van der Waals surface area contributed by atoms with Crippen LogP contribution in [0.5, 0.6) is 0 Å². The van der Waals surface area contributed by atoms with E-state index in [1.807, 2.05) is 84.9 Å². The second kappa shape index (κ2) is 8.50. The van der Waals surface area contributed by atoms with Crippen molar-refractivity contribution < 1.29 is 4.42 Å². The molecule has 0 aliphatic carbocycles. The molecule has 0 fully saturated rings. The number of para-hydroxylation sites is 1. The predicted molar refractivity (Wildman–Crippen MR) is 117 cm³/mol. The van der Waals surface area contributed by atoms with Gasteiger partial charge in [-0.05, 0) is 42.0 Å². The molecule has 0 spiro atoms. The van der Waals surface area contributed by atoms with Crippen LogP contribution in [-0.2, 0) is 6.54 Å². The van der Waals surface area contributed by atoms with Gasteiger partial charge in [-0.25, -0.2) is 4.98 Å². The first-order valence-electron chi connectivity index (χ1n) is 8.98. The number of oxazole rings is 1. The quantitative estimate of drug-likeness (QED) is 0.445. The summed E-state index contributed by atoms with van der Waals surface area (Å²) in [6.07, 6.45) is 1.76. The van der Waals surface area contributed by atoms with Gasteiger partial charge in [0.15, 0.2) is 10.9 Å². The SMILES string of the molecule is S=C(NCc1ccc(-c2ncc(-c3ccccc3)o2)cc1)Nc1ccccc1. The molecule has 0 saturated heterocycles. The van der Waals surface area contributed by atoms with Gasteiger partial charge < -0.3 is 15.1 Å². The maximum absolute atomic E-state index is 5.90. The summed E-state index contributed by atoms with van der Waals surface area (Å²) in [4.78, 5) is 4.40. The molecule has 1 aromatic heterocycles. The third kappa shape index (κ3) is 4.45. The van der Waals surface area contributed by atoms with Gasteiger partial charge in [-0.1, -0.05) is 60.7 Å². The fourth-order valence-electron chi connectivity index (χ4n) is 2.79. The Morgan fingerprint density at radius 2 is 1.50 bits per heavy atom. The first-order valence-corrected chi connectivity index (χ1v) is 9.39. The lowest BCUT2D eigenvalue weighted by Crippen LogP contribution is -2.27. The van der Waals surface area contributed by atoms with Crippen molar-refractivity contribution in [2.24, 2.45) is 0 Å². The first kappa shape index (κ1) is 17.9. The Bertz CT molecular complexity index is 1040. The second-order valence-electron chi connectivity index (χ2n) is 6.27. The molecule has 0 bridgehead atoms. The summed E-state index contributed by atoms with van der Waals surface area (Å²) in [6, 6.07) is 27.9. The largest absolute Gasteiger partial charge is 0.436 e. The zero-order chi connectivity index (χ0) is 19.2. The van der Waals surface area contributed by atoms with Gasteiger partial charge in [-0.3, -0.25) is 0 Å². The average Bonchev–Trinajstić information content (AvgIpc) is 3.24. The van der Waals surface area contributed by atoms with Crippen molar-refractivity contribution in [2.75, 3.05) is 5.32 Å². The van der Waals surface area contributed by atoms with Gasteiger partial charge in [0.2, 0.25) is 5.89 Å². The maximum Gasteiger partial charge on any atom is 0.226 e. The molecule has 0 saturated carbocycles. The van der Waals surface area contributed by atoms with E-state index in [1.54, 1.807) is 6.20 Å². The molecule has 0 radical (unpaired) electrons. The minimum absolute atomic E-state index is 0.593. The minimum Gasteiger partial charge on any atom is -0.436 e. The number of nitrogens with one attached hydrogen (secondary N) is 2. The number of aromatic nitrogens is 1. The maximum atomic E-state index is 5.90. The normalized spacial score (nSPS) is 10.4. The Hall–Kier alpha value is -3.44. The number of anilines is 1. The summed E-state index contributed by atoms with van der Waals surface area (Å²) >= 11 is 5.34. The second-order valence-corrected chi connectivity index (χ2v) is 6.67. The van der Waals surface area contributed by atoms with Crippen LogP contribution in [0.2, 0.25) is 0 Å². The zero-order valence-electron chi connectivity index (χ0n) is 15.1. The lowest BCUT2D eigenvalue weighted by molar-refractivity contribution is 0.589. The molecule has 28 heavy (non-hydrogen) atoms. The fraction of sp³-hybridized carbons (Fsp3) is 0.0435. The molecule has 2 N–H and O–H groups in total. The van der Waals surface area contributed by atoms with E-state index in [2.05, 4.69) is 15.6 Å². The highest BCUT2D eigenvalue weighted by Gasteiger charge is 2.08. The van der Waals surface area contributed by atoms with Gasteiger partial charge in [0, 0.05) is 23.4 Å². The van der Waals surface area contributed by atoms with Gasteiger partial charge in [0.25, 0.3) is 0 Å². The van der Waals surface area contributed by atoms with Crippen LogP contribution in [0.4, 0.5) is 5.69 Å². The van der Waals surface area contributed by atoms with Crippen molar-refractivity contribution in [2.45, 2.75) is 6.54 Å². The minimum atomic E-state index is 0.593. The standard InChI is InChI=1S/C23H19N3OS/c28-23(26-20-9-5-2-6-10-20)25-15-17-11-13-19(14-12-17)22-24-16-21(27-22)18-7-3-1-4-8-18/h1-14,16H,15H2,(H2,25,26,28). The molecule has 1 heterocycles. The molecular formula is C23H19N3OS. The van der Waals surface area contributed by atoms with Crippen LogP contribution in [0.15, 0.2) is 95.5 Å². The molecule has 0 aliphatic heterocycles. The molecule has 3 aromatic carbocycles. The molecular weight excluding hydrogens is 366 g/mol. The van der Waals surface area contributed by atoms with E-state index in [0.29, 0.717) is 17.5 Å². The highest BCUT2D eigenvalue weighted by molar-refractivity contribution is 7.80. The van der Waals surface area contributed by atoms with Gasteiger partial charge in [0.05, 0.1) is 6.20 Å². The van der Waals surface area contributed by atoms with E-state index in [0.717, 1.165) is 28.1 Å². The van der Waals surface area contributed by atoms with Gasteiger partial charge in [0.1, 0.15) is 0 Å². The van der Waals surface area contributed by atoms with Gasteiger partial charge in [-0.15, -0.1) is 0 Å². The first-order chi connectivity index (χ1) is 13.8. The van der Waals surface area contributed by atoms with Crippen LogP contribution in [0, 0.1) is 0 Å². The fourth-order valence-corrected chi connectivity index (χ4v) is 2.98. The molecule has 0 amide bonds. The van der Waals surface area contributed by atoms with Crippen molar-refractivity contribution >= 4 is 23.0 Å². The lowest BCUT2D eigenvalue weighted by Gasteiger charge is -2.10. The lowest BCUT2D eigenvalue weighted by atomic mass is 10.1. The van der Waals surface area contributed by atoms with Crippen LogP contribution < -0.4 is 10.6 Å². The molecule has 0 unspecified atom stereocenters. The van der Waals surface area contributed by atoms with Crippen LogP contribution >= 0.6 is 12.2 Å². The number of thiocarbonyl (C=S) groups is 1. The van der Waals surface area contributed by atoms with Crippen molar-refractivity contribution in [1.29, 1.82) is 0 Å². The van der Waals surface area contributed by atoms with E-state index >= 15 is 0 Å². The number of rotatable bonds is 5. The van der Waals surface area contributed by atoms with Crippen molar-refractivity contribution in [1.82, 2.24) is 10.3 Å². The predicted octanol–water partition coefficient (Wildman–Crippen LogP) is 5.50. The molecule has 0 aliphatic rings. The summed E-state index contributed by atoms with van der Waals surface area (Å²) in [5.74, 6) is 1.37. The van der Waals surface area contributed by atoms with Crippen LogP contribution in [0.25, 0.3) is 22.8 Å². The van der Waals surface area contributed by atoms with Crippen molar-refractivity contribution in [3.63, 3.8) is 0 Å². The smallest absolute Gasteiger partial charge is 0.226 e. The Balaban J connectivity index is 1.36. The molecule has 0 atom stereocenters. The topological polar surface area (TPSA) is 50.1 Å². The molecule has 4 nitrogen and oxygen atoms in total. The Kier molecular flexibility index (Phi) is 5.45. The monoisotopic (exact) mass is 385 g/mol. The number of hydrogen-bond acceptors (Lipinski definition) is 3. The molecule has 4 rings (SSSR count). The van der Waals surface area contributed by atoms with E-state index in [1.165, 1.54) is 0 Å². The summed E-state index contributed by atoms with van der Waals surface area (Å²) < 4.78 is 5.90. The van der Waals surface area contributed by atoms with E-state index < -0.39 is 0 Å². The van der Waals surface area contributed by atoms with Gasteiger partial charge in [-0.2, -0.15) is 0 Å². The van der Waals surface area contributed by atoms with Crippen LogP contribution in [0.1, 0.15) is 5.56 Å². The molecule has 4 aromatic rings. The summed E-state index contributed by atoms with van der Waals surface area (Å²) in [5.41, 5.74) is 4.04. The van der Waals surface area contributed by atoms with E-state index in [-0.39, 0.29) is 0 Å². The summed E-state index contributed by atoms with van der Waals surface area (Å²) in [6.45, 7) is 0.639. The average molecular weight is 385 g/mol. The third-order valence-electron chi connectivity index (χ3n) is 4.25. The number of hydrogen-bond donors (Lipinski definition) is 2. The summed E-state index contributed by atoms with van der Waals surface area (Å²) in [7, 11) is 0. The Morgan fingerprint density at radius 1 is 0.821 bits per heavy atom. The van der Waals surface area contributed by atoms with Crippen LogP contribution in [0.3, 0.4) is 0 Å². The molecule has 138 valence electrons. The van der Waals surface area contributed by atoms with Gasteiger partial charge >= 0.3 is 0 Å². The zero-order valence-corrected chi connectivity index (χ0v) is 15.9. The highest BCUT2D eigenvalue weighted by atomic mass is 32.1. The van der Waals surface area contributed by atoms with Crippen molar-refractivity contribution in [3.8, 4) is 22.8 Å². The Labute approximate surface area is 169 Å². The Morgan fingerprint density at radius 3 is 2.21 bits per heavy atom. The number of nitrogens with zero attached hydrogens (tertiary/aromatic N) is 1. The number of benzene rings is 3. The highest BCUT2D eigenvalue weighted by Crippen LogP contribution is 2.26. The van der Waals surface area contributed by atoms with Crippen molar-refractivity contribution in [3.05, 3.63) is 96.7 Å². The van der Waals surface area contributed by atoms with Crippen LogP contribution in [-0.4, -0.2) is 10.1 Å². The van der Waals surface area contributed by atoms with E-state index in [9.17, 15) is 0 Å². The third-order valence-corrected chi connectivity index (χ3v) is 4.50. The molecule has 5 heteroatoms. The van der Waals surface area contributed by atoms with E-state index in [4.69, 9.17) is 16.6 Å².